The topological polar surface area (TPSA) is 32.3 Å². The van der Waals surface area contributed by atoms with Crippen LogP contribution in [0.15, 0.2) is 41.8 Å². The minimum absolute atomic E-state index is 0.113. The molecule has 0 aliphatic rings. The first-order valence-electron chi connectivity index (χ1n) is 7.77. The number of aryl methyl sites for hydroxylation is 1. The predicted octanol–water partition coefficient (Wildman–Crippen LogP) is 4.14. The van der Waals surface area contributed by atoms with Crippen LogP contribution < -0.4 is 5.32 Å². The Balaban J connectivity index is 1.73. The lowest BCUT2D eigenvalue weighted by Crippen LogP contribution is -2.34. The predicted molar refractivity (Wildman–Crippen MR) is 98.1 cm³/mol. The van der Waals surface area contributed by atoms with E-state index in [2.05, 4.69) is 21.7 Å². The third-order valence-electron chi connectivity index (χ3n) is 3.77. The molecule has 2 aromatic rings. The molecule has 1 amide bonds. The quantitative estimate of drug-likeness (QED) is 0.775. The van der Waals surface area contributed by atoms with Crippen molar-refractivity contribution < 1.29 is 4.79 Å². The number of benzene rings is 1. The van der Waals surface area contributed by atoms with E-state index in [4.69, 9.17) is 11.6 Å². The summed E-state index contributed by atoms with van der Waals surface area (Å²) in [5.74, 6) is 0.113. The molecule has 3 nitrogen and oxygen atoms in total. The van der Waals surface area contributed by atoms with E-state index < -0.39 is 0 Å². The van der Waals surface area contributed by atoms with E-state index in [0.29, 0.717) is 13.0 Å². The lowest BCUT2D eigenvalue weighted by molar-refractivity contribution is -0.121. The lowest BCUT2D eigenvalue weighted by atomic mass is 10.1. The zero-order chi connectivity index (χ0) is 16.7. The first-order chi connectivity index (χ1) is 11.1. The van der Waals surface area contributed by atoms with Crippen LogP contribution in [0, 0.1) is 0 Å². The van der Waals surface area contributed by atoms with Crippen molar-refractivity contribution in [3.8, 4) is 0 Å². The number of halogens is 1. The highest BCUT2D eigenvalue weighted by Gasteiger charge is 2.15. The van der Waals surface area contributed by atoms with Crippen molar-refractivity contribution in [2.24, 2.45) is 0 Å². The third-order valence-corrected chi connectivity index (χ3v) is 5.00. The molecular formula is C18H23ClN2OS. The molecule has 5 heteroatoms. The highest BCUT2D eigenvalue weighted by atomic mass is 35.5. The van der Waals surface area contributed by atoms with Gasteiger partial charge in [0.05, 0.1) is 6.04 Å². The molecule has 1 aromatic carbocycles. The van der Waals surface area contributed by atoms with Crippen molar-refractivity contribution in [1.29, 1.82) is 0 Å². The second kappa shape index (κ2) is 9.06. The number of carbonyl (C=O) groups excluding carboxylic acids is 1. The Morgan fingerprint density at radius 3 is 2.61 bits per heavy atom. The zero-order valence-electron chi connectivity index (χ0n) is 13.6. The monoisotopic (exact) mass is 350 g/mol. The minimum Gasteiger partial charge on any atom is -0.354 e. The average Bonchev–Trinajstić information content (AvgIpc) is 3.03. The average molecular weight is 351 g/mol. The summed E-state index contributed by atoms with van der Waals surface area (Å²) in [6.45, 7) is 0.646. The summed E-state index contributed by atoms with van der Waals surface area (Å²) in [5.41, 5.74) is 1.21. The lowest BCUT2D eigenvalue weighted by Gasteiger charge is -2.23. The molecule has 0 bridgehead atoms. The standard InChI is InChI=1S/C18H23ClN2OS/c1-21(2)16(17-6-4-12-23-17)13-20-18(22)7-3-5-14-8-10-15(19)11-9-14/h4,6,8-12,16H,3,5,7,13H2,1-2H3,(H,20,22). The second-order valence-electron chi connectivity index (χ2n) is 5.78. The van der Waals surface area contributed by atoms with E-state index in [1.165, 1.54) is 10.4 Å². The number of carbonyl (C=O) groups is 1. The number of nitrogens with one attached hydrogen (secondary N) is 1. The van der Waals surface area contributed by atoms with E-state index in [1.807, 2.05) is 44.4 Å². The van der Waals surface area contributed by atoms with E-state index in [9.17, 15) is 4.79 Å². The van der Waals surface area contributed by atoms with Crippen LogP contribution in [0.3, 0.4) is 0 Å². The molecule has 0 fully saturated rings. The van der Waals surface area contributed by atoms with Gasteiger partial charge in [0.2, 0.25) is 5.91 Å². The van der Waals surface area contributed by atoms with Crippen molar-refractivity contribution in [1.82, 2.24) is 10.2 Å². The van der Waals surface area contributed by atoms with Gasteiger partial charge < -0.3 is 10.2 Å². The highest BCUT2D eigenvalue weighted by Crippen LogP contribution is 2.22. The summed E-state index contributed by atoms with van der Waals surface area (Å²) >= 11 is 7.59. The van der Waals surface area contributed by atoms with E-state index in [0.717, 1.165) is 17.9 Å². The summed E-state index contributed by atoms with van der Waals surface area (Å²) in [4.78, 5) is 15.4. The van der Waals surface area contributed by atoms with Crippen LogP contribution >= 0.6 is 22.9 Å². The maximum atomic E-state index is 12.0. The Bertz CT molecular complexity index is 596. The Morgan fingerprint density at radius 1 is 1.26 bits per heavy atom. The third kappa shape index (κ3) is 5.98. The van der Waals surface area contributed by atoms with Gasteiger partial charge in [0.25, 0.3) is 0 Å². The summed E-state index contributed by atoms with van der Waals surface area (Å²) < 4.78 is 0. The van der Waals surface area contributed by atoms with Crippen LogP contribution in [0.2, 0.25) is 5.02 Å². The van der Waals surface area contributed by atoms with Crippen LogP contribution in [0.25, 0.3) is 0 Å². The number of rotatable bonds is 8. The zero-order valence-corrected chi connectivity index (χ0v) is 15.2. The number of likely N-dealkylation sites (N-methyl/N-ethyl adjacent to an activating group) is 1. The molecule has 2 rings (SSSR count). The van der Waals surface area contributed by atoms with Gasteiger partial charge in [-0.15, -0.1) is 11.3 Å². The second-order valence-corrected chi connectivity index (χ2v) is 7.19. The molecule has 0 aliphatic carbocycles. The maximum absolute atomic E-state index is 12.0. The van der Waals surface area contributed by atoms with E-state index in [1.54, 1.807) is 11.3 Å². The molecule has 0 spiro atoms. The Kier molecular flexibility index (Phi) is 7.09. The smallest absolute Gasteiger partial charge is 0.220 e. The number of nitrogens with zero attached hydrogens (tertiary/aromatic N) is 1. The number of hydrogen-bond donors (Lipinski definition) is 1. The molecule has 0 saturated heterocycles. The molecule has 0 saturated carbocycles. The van der Waals surface area contributed by atoms with Crippen LogP contribution in [0.5, 0.6) is 0 Å². The summed E-state index contributed by atoms with van der Waals surface area (Å²) in [5, 5.41) is 5.87. The van der Waals surface area contributed by atoms with Crippen molar-refractivity contribution in [3.63, 3.8) is 0 Å². The van der Waals surface area contributed by atoms with Crippen LogP contribution in [0.4, 0.5) is 0 Å². The van der Waals surface area contributed by atoms with Gasteiger partial charge in [-0.2, -0.15) is 0 Å². The van der Waals surface area contributed by atoms with Gasteiger partial charge in [-0.3, -0.25) is 4.79 Å². The molecule has 0 radical (unpaired) electrons. The van der Waals surface area contributed by atoms with Gasteiger partial charge in [-0.25, -0.2) is 0 Å². The molecule has 1 heterocycles. The summed E-state index contributed by atoms with van der Waals surface area (Å²) in [7, 11) is 4.08. The van der Waals surface area contributed by atoms with Crippen molar-refractivity contribution in [2.75, 3.05) is 20.6 Å². The normalized spacial score (nSPS) is 12.3. The summed E-state index contributed by atoms with van der Waals surface area (Å²) in [6.07, 6.45) is 2.29. The molecule has 1 atom stereocenters. The SMILES string of the molecule is CN(C)C(CNC(=O)CCCc1ccc(Cl)cc1)c1cccs1. The number of hydrogen-bond acceptors (Lipinski definition) is 3. The largest absolute Gasteiger partial charge is 0.354 e. The first kappa shape index (κ1) is 18.0. The van der Waals surface area contributed by atoms with Crippen LogP contribution in [0.1, 0.15) is 29.3 Å². The molecule has 1 N–H and O–H groups in total. The van der Waals surface area contributed by atoms with Crippen molar-refractivity contribution in [3.05, 3.63) is 57.2 Å². The fourth-order valence-corrected chi connectivity index (χ4v) is 3.47. The van der Waals surface area contributed by atoms with E-state index in [-0.39, 0.29) is 11.9 Å². The molecule has 23 heavy (non-hydrogen) atoms. The van der Waals surface area contributed by atoms with Gasteiger partial charge in [0.15, 0.2) is 0 Å². The van der Waals surface area contributed by atoms with Gasteiger partial charge in [0, 0.05) is 22.9 Å². The molecular weight excluding hydrogens is 328 g/mol. The van der Waals surface area contributed by atoms with Crippen molar-refractivity contribution >= 4 is 28.8 Å². The summed E-state index contributed by atoms with van der Waals surface area (Å²) in [6, 6.07) is 12.2. The molecule has 0 aliphatic heterocycles. The highest BCUT2D eigenvalue weighted by molar-refractivity contribution is 7.10. The molecule has 1 unspecified atom stereocenters. The Hall–Kier alpha value is -1.36. The fourth-order valence-electron chi connectivity index (χ4n) is 2.42. The van der Waals surface area contributed by atoms with Gasteiger partial charge in [-0.05, 0) is 56.1 Å². The molecule has 124 valence electrons. The first-order valence-corrected chi connectivity index (χ1v) is 9.03. The minimum atomic E-state index is 0.113. The van der Waals surface area contributed by atoms with Crippen molar-refractivity contribution in [2.45, 2.75) is 25.3 Å². The van der Waals surface area contributed by atoms with Crippen LogP contribution in [-0.4, -0.2) is 31.4 Å². The Labute approximate surface area is 147 Å². The number of amides is 1. The number of thiophene rings is 1. The van der Waals surface area contributed by atoms with Gasteiger partial charge >= 0.3 is 0 Å². The Morgan fingerprint density at radius 2 is 2.00 bits per heavy atom. The molecule has 1 aromatic heterocycles. The van der Waals surface area contributed by atoms with Crippen LogP contribution in [-0.2, 0) is 11.2 Å². The van der Waals surface area contributed by atoms with Gasteiger partial charge in [-0.1, -0.05) is 29.8 Å². The van der Waals surface area contributed by atoms with E-state index >= 15 is 0 Å². The fraction of sp³-hybridized carbons (Fsp3) is 0.389. The maximum Gasteiger partial charge on any atom is 0.220 e. The van der Waals surface area contributed by atoms with Gasteiger partial charge in [0.1, 0.15) is 0 Å².